The summed E-state index contributed by atoms with van der Waals surface area (Å²) in [4.78, 5) is 0. The van der Waals surface area contributed by atoms with Gasteiger partial charge in [-0.3, -0.25) is 4.68 Å². The first-order valence-corrected chi connectivity index (χ1v) is 7.93. The molecule has 0 aliphatic carbocycles. The molecule has 2 aromatic rings. The third-order valence-electron chi connectivity index (χ3n) is 3.80. The quantitative estimate of drug-likeness (QED) is 0.797. The molecule has 0 unspecified atom stereocenters. The fraction of sp³-hybridized carbons (Fsp3) is 0.625. The van der Waals surface area contributed by atoms with Crippen LogP contribution >= 0.6 is 0 Å². The van der Waals surface area contributed by atoms with Crippen LogP contribution < -0.4 is 5.32 Å². The molecule has 5 nitrogen and oxygen atoms in total. The van der Waals surface area contributed by atoms with Crippen molar-refractivity contribution in [2.24, 2.45) is 7.05 Å². The van der Waals surface area contributed by atoms with Crippen molar-refractivity contribution in [3.63, 3.8) is 0 Å². The summed E-state index contributed by atoms with van der Waals surface area (Å²) in [5.74, 6) is 1.09. The topological polar surface area (TPSA) is 47.7 Å². The normalized spacial score (nSPS) is 11.3. The Labute approximate surface area is 127 Å². The monoisotopic (exact) mass is 289 g/mol. The van der Waals surface area contributed by atoms with Crippen LogP contribution in [0.3, 0.4) is 0 Å². The van der Waals surface area contributed by atoms with Gasteiger partial charge in [-0.25, -0.2) is 4.68 Å². The average molecular weight is 289 g/mol. The van der Waals surface area contributed by atoms with E-state index < -0.39 is 0 Å². The lowest BCUT2D eigenvalue weighted by Gasteiger charge is -2.10. The van der Waals surface area contributed by atoms with Crippen molar-refractivity contribution in [3.05, 3.63) is 28.7 Å². The molecule has 2 aromatic heterocycles. The lowest BCUT2D eigenvalue weighted by Crippen LogP contribution is -2.17. The zero-order chi connectivity index (χ0) is 15.4. The maximum Gasteiger partial charge on any atom is 0.156 e. The van der Waals surface area contributed by atoms with E-state index in [4.69, 9.17) is 5.10 Å². The Balaban J connectivity index is 2.45. The number of hydrogen-bond acceptors (Lipinski definition) is 3. The summed E-state index contributed by atoms with van der Waals surface area (Å²) in [6, 6.07) is 2.20. The Morgan fingerprint density at radius 1 is 1.14 bits per heavy atom. The minimum absolute atomic E-state index is 0.841. The van der Waals surface area contributed by atoms with Gasteiger partial charge in [-0.15, -0.1) is 0 Å². The van der Waals surface area contributed by atoms with Gasteiger partial charge < -0.3 is 5.32 Å². The van der Waals surface area contributed by atoms with E-state index in [1.165, 1.54) is 11.3 Å². The Kier molecular flexibility index (Phi) is 5.17. The second-order valence-electron chi connectivity index (χ2n) is 5.43. The molecule has 5 heteroatoms. The van der Waals surface area contributed by atoms with Crippen LogP contribution in [0, 0.1) is 6.92 Å². The molecule has 2 rings (SSSR count). The highest BCUT2D eigenvalue weighted by Gasteiger charge is 2.18. The number of aromatic nitrogens is 4. The van der Waals surface area contributed by atoms with Crippen molar-refractivity contribution >= 4 is 0 Å². The van der Waals surface area contributed by atoms with Gasteiger partial charge in [-0.2, -0.15) is 10.2 Å². The van der Waals surface area contributed by atoms with Crippen LogP contribution in [0.25, 0.3) is 5.82 Å². The van der Waals surface area contributed by atoms with Gasteiger partial charge in [0.15, 0.2) is 5.82 Å². The third-order valence-corrected chi connectivity index (χ3v) is 3.80. The van der Waals surface area contributed by atoms with Gasteiger partial charge in [0.1, 0.15) is 0 Å². The fourth-order valence-corrected chi connectivity index (χ4v) is 2.63. The summed E-state index contributed by atoms with van der Waals surface area (Å²) in [7, 11) is 2.00. The van der Waals surface area contributed by atoms with E-state index in [-0.39, 0.29) is 0 Å². The number of nitrogens with one attached hydrogen (secondary N) is 1. The van der Waals surface area contributed by atoms with E-state index in [9.17, 15) is 0 Å². The van der Waals surface area contributed by atoms with E-state index in [0.29, 0.717) is 0 Å². The highest BCUT2D eigenvalue weighted by Crippen LogP contribution is 2.20. The molecule has 116 valence electrons. The first kappa shape index (κ1) is 15.8. The summed E-state index contributed by atoms with van der Waals surface area (Å²) in [5.41, 5.74) is 4.70. The van der Waals surface area contributed by atoms with Gasteiger partial charge in [-0.1, -0.05) is 20.8 Å². The molecule has 1 N–H and O–H groups in total. The van der Waals surface area contributed by atoms with Crippen LogP contribution in [-0.2, 0) is 26.4 Å². The largest absolute Gasteiger partial charge is 0.312 e. The molecular formula is C16H27N5. The summed E-state index contributed by atoms with van der Waals surface area (Å²) >= 11 is 0. The summed E-state index contributed by atoms with van der Waals surface area (Å²) < 4.78 is 4.02. The van der Waals surface area contributed by atoms with Crippen molar-refractivity contribution in [2.75, 3.05) is 6.54 Å². The Morgan fingerprint density at radius 2 is 1.90 bits per heavy atom. The third kappa shape index (κ3) is 3.18. The number of hydrogen-bond donors (Lipinski definition) is 1. The van der Waals surface area contributed by atoms with Crippen LogP contribution in [0.15, 0.2) is 6.07 Å². The smallest absolute Gasteiger partial charge is 0.156 e. The summed E-state index contributed by atoms with van der Waals surface area (Å²) in [6.07, 6.45) is 3.07. The zero-order valence-corrected chi connectivity index (χ0v) is 13.9. The van der Waals surface area contributed by atoms with E-state index in [1.54, 1.807) is 0 Å². The number of nitrogens with zero attached hydrogens (tertiary/aromatic N) is 4. The van der Waals surface area contributed by atoms with Gasteiger partial charge >= 0.3 is 0 Å². The van der Waals surface area contributed by atoms with Crippen molar-refractivity contribution in [3.8, 4) is 5.82 Å². The van der Waals surface area contributed by atoms with Gasteiger partial charge in [-0.05, 0) is 38.8 Å². The van der Waals surface area contributed by atoms with Crippen molar-refractivity contribution in [2.45, 2.75) is 53.5 Å². The summed E-state index contributed by atoms with van der Waals surface area (Å²) in [5, 5.41) is 12.8. The fourth-order valence-electron chi connectivity index (χ4n) is 2.63. The van der Waals surface area contributed by atoms with Gasteiger partial charge in [0.2, 0.25) is 0 Å². The molecule has 21 heavy (non-hydrogen) atoms. The van der Waals surface area contributed by atoms with E-state index in [1.807, 2.05) is 11.7 Å². The van der Waals surface area contributed by atoms with E-state index in [0.717, 1.165) is 49.6 Å². The van der Waals surface area contributed by atoms with Crippen LogP contribution in [-0.4, -0.2) is 26.1 Å². The SMILES string of the molecule is CCCNCc1c(C)nn(C)c1-n1nc(CC)cc1CC. The Hall–Kier alpha value is -1.62. The Bertz CT molecular complexity index is 594. The van der Waals surface area contributed by atoms with E-state index in [2.05, 4.69) is 48.9 Å². The first-order valence-electron chi connectivity index (χ1n) is 7.93. The van der Waals surface area contributed by atoms with Crippen LogP contribution in [0.5, 0.6) is 0 Å². The zero-order valence-electron chi connectivity index (χ0n) is 13.9. The predicted molar refractivity (Wildman–Crippen MR) is 85.8 cm³/mol. The second kappa shape index (κ2) is 6.89. The van der Waals surface area contributed by atoms with Gasteiger partial charge in [0.05, 0.1) is 11.4 Å². The molecule has 0 aliphatic rings. The molecule has 0 saturated heterocycles. The minimum Gasteiger partial charge on any atom is -0.312 e. The molecule has 2 heterocycles. The van der Waals surface area contributed by atoms with Gasteiger partial charge in [0.25, 0.3) is 0 Å². The number of aryl methyl sites for hydroxylation is 4. The van der Waals surface area contributed by atoms with Crippen LogP contribution in [0.2, 0.25) is 0 Å². The molecular weight excluding hydrogens is 262 g/mol. The molecule has 0 atom stereocenters. The molecule has 0 fully saturated rings. The number of rotatable bonds is 7. The standard InChI is InChI=1S/C16H27N5/c1-6-9-17-11-15-12(4)18-20(5)16(15)21-14(8-3)10-13(7-2)19-21/h10,17H,6-9,11H2,1-5H3. The first-order chi connectivity index (χ1) is 10.1. The average Bonchev–Trinajstić information content (AvgIpc) is 3.00. The molecule has 0 bridgehead atoms. The highest BCUT2D eigenvalue weighted by atomic mass is 15.4. The van der Waals surface area contributed by atoms with Crippen LogP contribution in [0.4, 0.5) is 0 Å². The highest BCUT2D eigenvalue weighted by molar-refractivity contribution is 5.39. The minimum atomic E-state index is 0.841. The Morgan fingerprint density at radius 3 is 2.52 bits per heavy atom. The van der Waals surface area contributed by atoms with Crippen molar-refractivity contribution in [1.82, 2.24) is 24.9 Å². The van der Waals surface area contributed by atoms with Gasteiger partial charge in [0, 0.05) is 24.8 Å². The van der Waals surface area contributed by atoms with Crippen molar-refractivity contribution in [1.29, 1.82) is 0 Å². The van der Waals surface area contributed by atoms with Crippen molar-refractivity contribution < 1.29 is 0 Å². The molecule has 0 aliphatic heterocycles. The predicted octanol–water partition coefficient (Wildman–Crippen LogP) is 2.54. The maximum atomic E-state index is 4.76. The van der Waals surface area contributed by atoms with Crippen LogP contribution in [0.1, 0.15) is 49.8 Å². The summed E-state index contributed by atoms with van der Waals surface area (Å²) in [6.45, 7) is 10.4. The molecule has 0 radical (unpaired) electrons. The second-order valence-corrected chi connectivity index (χ2v) is 5.43. The maximum absolute atomic E-state index is 4.76. The molecule has 0 spiro atoms. The lowest BCUT2D eigenvalue weighted by atomic mass is 10.2. The molecule has 0 aromatic carbocycles. The molecule has 0 saturated carbocycles. The lowest BCUT2D eigenvalue weighted by molar-refractivity contribution is 0.649. The molecule has 0 amide bonds. The van der Waals surface area contributed by atoms with E-state index >= 15 is 0 Å².